The lowest BCUT2D eigenvalue weighted by atomic mass is 9.74. The molecule has 2 rings (SSSR count). The fourth-order valence-electron chi connectivity index (χ4n) is 4.73. The second-order valence-electron chi connectivity index (χ2n) is 9.33. The Morgan fingerprint density at radius 2 is 1.70 bits per heavy atom. The molecule has 2 amide bonds. The second kappa shape index (κ2) is 11.8. The molecular formula is C22H40N4O4. The Balaban J connectivity index is 1.96. The molecule has 30 heavy (non-hydrogen) atoms. The van der Waals surface area contributed by atoms with Crippen LogP contribution >= 0.6 is 0 Å². The zero-order chi connectivity index (χ0) is 22.3. The van der Waals surface area contributed by atoms with Gasteiger partial charge in [0.05, 0.1) is 18.1 Å². The van der Waals surface area contributed by atoms with E-state index in [1.807, 2.05) is 0 Å². The van der Waals surface area contributed by atoms with E-state index < -0.39 is 24.1 Å². The minimum absolute atomic E-state index is 0.0289. The summed E-state index contributed by atoms with van der Waals surface area (Å²) in [6.45, 7) is 6.41. The number of Topliss-reactive ketones (excluding diaryl/α,β-unsaturated/α-hetero) is 1. The van der Waals surface area contributed by atoms with Crippen LogP contribution in [0.3, 0.4) is 0 Å². The van der Waals surface area contributed by atoms with Crippen molar-refractivity contribution in [2.75, 3.05) is 19.6 Å². The minimum atomic E-state index is -1.12. The Bertz CT molecular complexity index is 590. The summed E-state index contributed by atoms with van der Waals surface area (Å²) >= 11 is 0. The number of hydrogen-bond donors (Lipinski definition) is 5. The number of nitrogens with two attached hydrogens (primary N) is 1. The molecule has 172 valence electrons. The quantitative estimate of drug-likeness (QED) is 0.362. The second-order valence-corrected chi connectivity index (χ2v) is 9.33. The zero-order valence-electron chi connectivity index (χ0n) is 18.7. The van der Waals surface area contributed by atoms with E-state index in [-0.39, 0.29) is 30.1 Å². The number of aliphatic hydroxyl groups excluding tert-OH is 1. The number of carbonyl (C=O) groups excluding carboxylic acids is 3. The Morgan fingerprint density at radius 3 is 2.27 bits per heavy atom. The third kappa shape index (κ3) is 6.75. The highest BCUT2D eigenvalue weighted by Crippen LogP contribution is 2.34. The average molecular weight is 425 g/mol. The average Bonchev–Trinajstić information content (AvgIpc) is 2.75. The standard InChI is InChI=1S/C22H40N4O4/c1-13(2)20(28)18(10-23)25-22(30)19(14(3)27)26-21(29)17-9-16(11-24-12-17)15-7-5-4-6-8-15/h13-19,24,27H,4-12,23H2,1-3H3,(H,25,30)(H,26,29)/t14-,16-,17?,18-,19-/m0/s1. The van der Waals surface area contributed by atoms with Gasteiger partial charge in [0.1, 0.15) is 6.04 Å². The van der Waals surface area contributed by atoms with Crippen molar-refractivity contribution in [3.63, 3.8) is 0 Å². The van der Waals surface area contributed by atoms with Crippen LogP contribution in [0.1, 0.15) is 59.3 Å². The Labute approximate surface area is 180 Å². The van der Waals surface area contributed by atoms with Crippen molar-refractivity contribution in [1.82, 2.24) is 16.0 Å². The monoisotopic (exact) mass is 424 g/mol. The van der Waals surface area contributed by atoms with Crippen LogP contribution in [0.4, 0.5) is 0 Å². The summed E-state index contributed by atoms with van der Waals surface area (Å²) in [7, 11) is 0. The van der Waals surface area contributed by atoms with Crippen molar-refractivity contribution in [3.8, 4) is 0 Å². The van der Waals surface area contributed by atoms with Crippen LogP contribution in [0, 0.1) is 23.7 Å². The van der Waals surface area contributed by atoms with Gasteiger partial charge in [-0.1, -0.05) is 46.0 Å². The van der Waals surface area contributed by atoms with Crippen LogP contribution in [0.5, 0.6) is 0 Å². The molecule has 1 saturated carbocycles. The molecule has 6 N–H and O–H groups in total. The number of hydrogen-bond acceptors (Lipinski definition) is 6. The molecule has 1 heterocycles. The molecule has 0 spiro atoms. The van der Waals surface area contributed by atoms with Crippen LogP contribution in [0.15, 0.2) is 0 Å². The highest BCUT2D eigenvalue weighted by Gasteiger charge is 2.35. The predicted molar refractivity (Wildman–Crippen MR) is 115 cm³/mol. The Kier molecular flexibility index (Phi) is 9.71. The molecule has 0 aromatic carbocycles. The van der Waals surface area contributed by atoms with Gasteiger partial charge in [0.2, 0.25) is 11.8 Å². The molecule has 1 aliphatic heterocycles. The van der Waals surface area contributed by atoms with Gasteiger partial charge < -0.3 is 26.8 Å². The van der Waals surface area contributed by atoms with Gasteiger partial charge in [0.15, 0.2) is 5.78 Å². The minimum Gasteiger partial charge on any atom is -0.391 e. The largest absolute Gasteiger partial charge is 0.391 e. The third-order valence-corrected chi connectivity index (χ3v) is 6.60. The maximum atomic E-state index is 12.9. The highest BCUT2D eigenvalue weighted by molar-refractivity contribution is 5.94. The summed E-state index contributed by atoms with van der Waals surface area (Å²) in [5.74, 6) is -0.373. The van der Waals surface area contributed by atoms with Crippen molar-refractivity contribution in [2.24, 2.45) is 29.4 Å². The van der Waals surface area contributed by atoms with E-state index in [9.17, 15) is 19.5 Å². The molecule has 0 aromatic rings. The number of amides is 2. The normalized spacial score (nSPS) is 25.9. The number of carbonyl (C=O) groups is 3. The Hall–Kier alpha value is -1.51. The fourth-order valence-corrected chi connectivity index (χ4v) is 4.73. The van der Waals surface area contributed by atoms with Gasteiger partial charge in [-0.05, 0) is 31.7 Å². The molecule has 8 heteroatoms. The molecule has 1 unspecified atom stereocenters. The van der Waals surface area contributed by atoms with Gasteiger partial charge in [-0.25, -0.2) is 0 Å². The van der Waals surface area contributed by atoms with E-state index in [0.717, 1.165) is 13.0 Å². The number of aliphatic hydroxyl groups is 1. The van der Waals surface area contributed by atoms with Gasteiger partial charge in [-0.15, -0.1) is 0 Å². The van der Waals surface area contributed by atoms with Crippen molar-refractivity contribution >= 4 is 17.6 Å². The van der Waals surface area contributed by atoms with E-state index in [0.29, 0.717) is 18.4 Å². The van der Waals surface area contributed by atoms with E-state index in [1.165, 1.54) is 39.0 Å². The smallest absolute Gasteiger partial charge is 0.245 e. The summed E-state index contributed by atoms with van der Waals surface area (Å²) in [6.07, 6.45) is 5.99. The lowest BCUT2D eigenvalue weighted by Crippen LogP contribution is -2.59. The van der Waals surface area contributed by atoms with Crippen molar-refractivity contribution in [2.45, 2.75) is 77.5 Å². The molecule has 0 radical (unpaired) electrons. The first-order chi connectivity index (χ1) is 14.2. The molecule has 5 atom stereocenters. The molecule has 0 aromatic heterocycles. The highest BCUT2D eigenvalue weighted by atomic mass is 16.3. The van der Waals surface area contributed by atoms with Gasteiger partial charge >= 0.3 is 0 Å². The Morgan fingerprint density at radius 1 is 1.03 bits per heavy atom. The number of rotatable bonds is 9. The number of nitrogens with one attached hydrogen (secondary N) is 3. The van der Waals surface area contributed by atoms with Crippen molar-refractivity contribution in [3.05, 3.63) is 0 Å². The van der Waals surface area contributed by atoms with Crippen LogP contribution in [0.25, 0.3) is 0 Å². The summed E-state index contributed by atoms with van der Waals surface area (Å²) in [5.41, 5.74) is 5.65. The SMILES string of the molecule is CC(C)C(=O)[C@H](CN)NC(=O)[C@@H](NC(=O)C1CNC[C@@H](C2CCCCC2)C1)[C@H](C)O. The topological polar surface area (TPSA) is 134 Å². The summed E-state index contributed by atoms with van der Waals surface area (Å²) < 4.78 is 0. The molecule has 1 aliphatic carbocycles. The van der Waals surface area contributed by atoms with E-state index in [4.69, 9.17) is 5.73 Å². The maximum Gasteiger partial charge on any atom is 0.245 e. The number of ketones is 1. The van der Waals surface area contributed by atoms with Crippen LogP contribution < -0.4 is 21.7 Å². The molecular weight excluding hydrogens is 384 g/mol. The molecule has 8 nitrogen and oxygen atoms in total. The van der Waals surface area contributed by atoms with Crippen molar-refractivity contribution in [1.29, 1.82) is 0 Å². The van der Waals surface area contributed by atoms with Gasteiger partial charge in [-0.2, -0.15) is 0 Å². The predicted octanol–water partition coefficient (Wildman–Crippen LogP) is 0.327. The van der Waals surface area contributed by atoms with Gasteiger partial charge in [0, 0.05) is 19.0 Å². The van der Waals surface area contributed by atoms with Gasteiger partial charge in [0.25, 0.3) is 0 Å². The molecule has 0 bridgehead atoms. The first-order valence-electron chi connectivity index (χ1n) is 11.5. The lowest BCUT2D eigenvalue weighted by molar-refractivity contribution is -0.136. The molecule has 2 aliphatic rings. The van der Waals surface area contributed by atoms with E-state index in [1.54, 1.807) is 13.8 Å². The maximum absolute atomic E-state index is 12.9. The van der Waals surface area contributed by atoms with E-state index >= 15 is 0 Å². The van der Waals surface area contributed by atoms with Crippen LogP contribution in [-0.4, -0.2) is 60.5 Å². The molecule has 2 fully saturated rings. The van der Waals surface area contributed by atoms with Crippen molar-refractivity contribution < 1.29 is 19.5 Å². The molecule has 1 saturated heterocycles. The summed E-state index contributed by atoms with van der Waals surface area (Å²) in [5, 5.41) is 18.8. The fraction of sp³-hybridized carbons (Fsp3) is 0.864. The number of piperidine rings is 1. The zero-order valence-corrected chi connectivity index (χ0v) is 18.7. The van der Waals surface area contributed by atoms with Crippen LogP contribution in [0.2, 0.25) is 0 Å². The van der Waals surface area contributed by atoms with Gasteiger partial charge in [-0.3, -0.25) is 14.4 Å². The first-order valence-corrected chi connectivity index (χ1v) is 11.5. The van der Waals surface area contributed by atoms with E-state index in [2.05, 4.69) is 16.0 Å². The summed E-state index contributed by atoms with van der Waals surface area (Å²) in [4.78, 5) is 37.8. The van der Waals surface area contributed by atoms with Crippen LogP contribution in [-0.2, 0) is 14.4 Å². The lowest BCUT2D eigenvalue weighted by Gasteiger charge is -2.37. The third-order valence-electron chi connectivity index (χ3n) is 6.60. The first kappa shape index (κ1) is 24.8. The summed E-state index contributed by atoms with van der Waals surface area (Å²) in [6, 6.07) is -1.95.